The van der Waals surface area contributed by atoms with E-state index >= 15 is 0 Å². The van der Waals surface area contributed by atoms with E-state index in [1.54, 1.807) is 6.07 Å². The summed E-state index contributed by atoms with van der Waals surface area (Å²) in [5.41, 5.74) is 0.366. The number of nitrogens with one attached hydrogen (secondary N) is 1. The summed E-state index contributed by atoms with van der Waals surface area (Å²) in [6.07, 6.45) is 3.13. The van der Waals surface area contributed by atoms with Gasteiger partial charge in [-0.1, -0.05) is 32.4 Å². The Kier molecular flexibility index (Phi) is 5.45. The molecule has 0 radical (unpaired) electrons. The van der Waals surface area contributed by atoms with Gasteiger partial charge in [0.2, 0.25) is 0 Å². The number of anilines is 1. The molecule has 1 saturated heterocycles. The maximum Gasteiger partial charge on any atom is 0.274 e. The Bertz CT molecular complexity index is 504. The van der Waals surface area contributed by atoms with E-state index in [2.05, 4.69) is 31.1 Å². The van der Waals surface area contributed by atoms with E-state index in [1.165, 1.54) is 0 Å². The predicted octanol–water partition coefficient (Wildman–Crippen LogP) is 3.82. The predicted molar refractivity (Wildman–Crippen MR) is 86.9 cm³/mol. The average molecular weight is 310 g/mol. The molecule has 1 aliphatic rings. The fraction of sp³-hybridized carbons (Fsp3) is 0.625. The molecule has 1 aromatic rings. The molecule has 0 saturated carbocycles. The molecule has 1 fully saturated rings. The molecule has 0 spiro atoms. The lowest BCUT2D eigenvalue weighted by atomic mass is 10.0. The molecule has 4 nitrogen and oxygen atoms in total. The van der Waals surface area contributed by atoms with Gasteiger partial charge in [0.05, 0.1) is 5.02 Å². The lowest BCUT2D eigenvalue weighted by Gasteiger charge is -2.27. The second-order valence-corrected chi connectivity index (χ2v) is 6.31. The van der Waals surface area contributed by atoms with Gasteiger partial charge in [-0.2, -0.15) is 0 Å². The van der Waals surface area contributed by atoms with E-state index in [-0.39, 0.29) is 5.91 Å². The van der Waals surface area contributed by atoms with Gasteiger partial charge in [0.15, 0.2) is 0 Å². The molecule has 0 aromatic carbocycles. The van der Waals surface area contributed by atoms with Crippen molar-refractivity contribution in [2.75, 3.05) is 18.4 Å². The van der Waals surface area contributed by atoms with E-state index in [1.807, 2.05) is 11.0 Å². The van der Waals surface area contributed by atoms with E-state index in [0.29, 0.717) is 28.5 Å². The normalized spacial score (nSPS) is 18.3. The molecule has 1 atom stereocenters. The minimum atomic E-state index is -0.0450. The number of pyridine rings is 1. The first kappa shape index (κ1) is 16.1. The van der Waals surface area contributed by atoms with Gasteiger partial charge < -0.3 is 10.2 Å². The van der Waals surface area contributed by atoms with Crippen LogP contribution in [0.3, 0.4) is 0 Å². The SMILES string of the molecule is CCCNc1ccc(Cl)c(C(=O)N2CCCC2C(C)C)n1. The van der Waals surface area contributed by atoms with Crippen LogP contribution in [-0.4, -0.2) is 34.9 Å². The van der Waals surface area contributed by atoms with Crippen LogP contribution in [-0.2, 0) is 0 Å². The Labute approximate surface area is 131 Å². The number of halogens is 1. The lowest BCUT2D eigenvalue weighted by Crippen LogP contribution is -2.39. The van der Waals surface area contributed by atoms with Crippen molar-refractivity contribution < 1.29 is 4.79 Å². The summed E-state index contributed by atoms with van der Waals surface area (Å²) in [6.45, 7) is 8.04. The Morgan fingerprint density at radius 1 is 1.52 bits per heavy atom. The van der Waals surface area contributed by atoms with Crippen LogP contribution in [0.1, 0.15) is 50.5 Å². The number of rotatable bonds is 5. The van der Waals surface area contributed by atoms with Gasteiger partial charge in [-0.05, 0) is 37.3 Å². The largest absolute Gasteiger partial charge is 0.370 e. The molecule has 2 rings (SSSR count). The van der Waals surface area contributed by atoms with Crippen LogP contribution in [0.5, 0.6) is 0 Å². The van der Waals surface area contributed by atoms with Gasteiger partial charge in [0.1, 0.15) is 11.5 Å². The van der Waals surface area contributed by atoms with Crippen LogP contribution in [0, 0.1) is 5.92 Å². The van der Waals surface area contributed by atoms with E-state index in [4.69, 9.17) is 11.6 Å². The smallest absolute Gasteiger partial charge is 0.274 e. The summed E-state index contributed by atoms with van der Waals surface area (Å²) in [6, 6.07) is 3.86. The van der Waals surface area contributed by atoms with Crippen molar-refractivity contribution in [3.8, 4) is 0 Å². The second-order valence-electron chi connectivity index (χ2n) is 5.91. The van der Waals surface area contributed by atoms with Gasteiger partial charge in [-0.3, -0.25) is 4.79 Å². The van der Waals surface area contributed by atoms with Gasteiger partial charge in [-0.25, -0.2) is 4.98 Å². The van der Waals surface area contributed by atoms with Crippen LogP contribution in [0.25, 0.3) is 0 Å². The fourth-order valence-electron chi connectivity index (χ4n) is 2.82. The van der Waals surface area contributed by atoms with Crippen molar-refractivity contribution in [1.82, 2.24) is 9.88 Å². The number of nitrogens with zero attached hydrogens (tertiary/aromatic N) is 2. The van der Waals surface area contributed by atoms with Crippen molar-refractivity contribution in [3.05, 3.63) is 22.8 Å². The third kappa shape index (κ3) is 3.67. The van der Waals surface area contributed by atoms with Crippen molar-refractivity contribution in [2.45, 2.75) is 46.1 Å². The molecule has 1 aromatic heterocycles. The summed E-state index contributed by atoms with van der Waals surface area (Å²) >= 11 is 6.19. The highest BCUT2D eigenvalue weighted by Gasteiger charge is 2.32. The van der Waals surface area contributed by atoms with E-state index in [9.17, 15) is 4.79 Å². The number of aromatic nitrogens is 1. The van der Waals surface area contributed by atoms with E-state index in [0.717, 1.165) is 32.4 Å². The number of amides is 1. The monoisotopic (exact) mass is 309 g/mol. The second kappa shape index (κ2) is 7.12. The molecule has 1 amide bonds. The molecule has 116 valence electrons. The number of hydrogen-bond donors (Lipinski definition) is 1. The highest BCUT2D eigenvalue weighted by Crippen LogP contribution is 2.27. The summed E-state index contributed by atoms with van der Waals surface area (Å²) in [5, 5.41) is 3.63. The summed E-state index contributed by atoms with van der Waals surface area (Å²) in [4.78, 5) is 19.1. The molecule has 1 aliphatic heterocycles. The summed E-state index contributed by atoms with van der Waals surface area (Å²) in [5.74, 6) is 1.12. The Hall–Kier alpha value is -1.29. The van der Waals surface area contributed by atoms with Crippen LogP contribution < -0.4 is 5.32 Å². The number of carbonyl (C=O) groups excluding carboxylic acids is 1. The highest BCUT2D eigenvalue weighted by atomic mass is 35.5. The topological polar surface area (TPSA) is 45.2 Å². The minimum absolute atomic E-state index is 0.0450. The maximum atomic E-state index is 12.8. The molecule has 1 unspecified atom stereocenters. The van der Waals surface area contributed by atoms with Crippen molar-refractivity contribution in [2.24, 2.45) is 5.92 Å². The van der Waals surface area contributed by atoms with Crippen molar-refractivity contribution in [1.29, 1.82) is 0 Å². The first-order chi connectivity index (χ1) is 10.0. The van der Waals surface area contributed by atoms with Crippen LogP contribution >= 0.6 is 11.6 Å². The van der Waals surface area contributed by atoms with Gasteiger partial charge in [-0.15, -0.1) is 0 Å². The van der Waals surface area contributed by atoms with Gasteiger partial charge in [0.25, 0.3) is 5.91 Å². The highest BCUT2D eigenvalue weighted by molar-refractivity contribution is 6.33. The first-order valence-electron chi connectivity index (χ1n) is 7.76. The third-order valence-corrected chi connectivity index (χ3v) is 4.24. The zero-order chi connectivity index (χ0) is 15.4. The first-order valence-corrected chi connectivity index (χ1v) is 8.13. The minimum Gasteiger partial charge on any atom is -0.370 e. The maximum absolute atomic E-state index is 12.8. The van der Waals surface area contributed by atoms with Gasteiger partial charge in [0, 0.05) is 19.1 Å². The van der Waals surface area contributed by atoms with Crippen LogP contribution in [0.4, 0.5) is 5.82 Å². The molecule has 21 heavy (non-hydrogen) atoms. The molecule has 5 heteroatoms. The number of likely N-dealkylation sites (tertiary alicyclic amines) is 1. The number of hydrogen-bond acceptors (Lipinski definition) is 3. The van der Waals surface area contributed by atoms with Crippen LogP contribution in [0.2, 0.25) is 5.02 Å². The third-order valence-electron chi connectivity index (χ3n) is 3.93. The van der Waals surface area contributed by atoms with Crippen molar-refractivity contribution in [3.63, 3.8) is 0 Å². The number of carbonyl (C=O) groups is 1. The summed E-state index contributed by atoms with van der Waals surface area (Å²) in [7, 11) is 0. The standard InChI is InChI=1S/C16H24ClN3O/c1-4-9-18-14-8-7-12(17)15(19-14)16(21)20-10-5-6-13(20)11(2)3/h7-8,11,13H,4-6,9-10H2,1-3H3,(H,18,19). The molecular weight excluding hydrogens is 286 g/mol. The molecular formula is C16H24ClN3O. The van der Waals surface area contributed by atoms with Crippen molar-refractivity contribution >= 4 is 23.3 Å². The Morgan fingerprint density at radius 3 is 2.95 bits per heavy atom. The lowest BCUT2D eigenvalue weighted by molar-refractivity contribution is 0.0696. The fourth-order valence-corrected chi connectivity index (χ4v) is 3.00. The molecule has 0 bridgehead atoms. The Morgan fingerprint density at radius 2 is 2.29 bits per heavy atom. The zero-order valence-corrected chi connectivity index (χ0v) is 13.8. The van der Waals surface area contributed by atoms with Crippen LogP contribution in [0.15, 0.2) is 12.1 Å². The Balaban J connectivity index is 2.21. The zero-order valence-electron chi connectivity index (χ0n) is 13.0. The molecule has 0 aliphatic carbocycles. The molecule has 1 N–H and O–H groups in total. The quantitative estimate of drug-likeness (QED) is 0.899. The summed E-state index contributed by atoms with van der Waals surface area (Å²) < 4.78 is 0. The van der Waals surface area contributed by atoms with E-state index < -0.39 is 0 Å². The average Bonchev–Trinajstić information content (AvgIpc) is 2.95. The van der Waals surface area contributed by atoms with Gasteiger partial charge >= 0.3 is 0 Å². The molecule has 2 heterocycles.